The van der Waals surface area contributed by atoms with E-state index in [0.717, 1.165) is 9.36 Å². The fraction of sp³-hybridized carbons (Fsp3) is 0.400. The molecule has 9 nitrogen and oxygen atoms in total. The molecule has 2 aromatic rings. The molecule has 0 fully saturated rings. The zero-order valence-corrected chi connectivity index (χ0v) is 16.3. The van der Waals surface area contributed by atoms with Gasteiger partial charge >= 0.3 is 11.8 Å². The van der Waals surface area contributed by atoms with Crippen molar-refractivity contribution in [2.45, 2.75) is 32.9 Å². The molecule has 0 aliphatic carbocycles. The number of hydrogen-bond donors (Lipinski definition) is 1. The van der Waals surface area contributed by atoms with Gasteiger partial charge < -0.3 is 10.1 Å². The van der Waals surface area contributed by atoms with Gasteiger partial charge in [-0.2, -0.15) is 18.1 Å². The Morgan fingerprint density at radius 2 is 2.00 bits per heavy atom. The minimum Gasteiger partial charge on any atom is -0.444 e. The highest BCUT2D eigenvalue weighted by atomic mass is 79.9. The second kappa shape index (κ2) is 8.37. The Morgan fingerprint density at radius 3 is 2.59 bits per heavy atom. The molecule has 146 valence electrons. The number of nitrogens with one attached hydrogen (secondary N) is 1. The Hall–Kier alpha value is -2.63. The molecule has 0 saturated carbocycles. The minimum atomic E-state index is -2.03. The first kappa shape index (κ1) is 20.7. The Balaban J connectivity index is 2.13. The van der Waals surface area contributed by atoms with Crippen LogP contribution in [0, 0.1) is 0 Å². The second-order valence-corrected chi connectivity index (χ2v) is 7.33. The molecule has 2 aromatic heterocycles. The van der Waals surface area contributed by atoms with Gasteiger partial charge in [-0.1, -0.05) is 0 Å². The van der Waals surface area contributed by atoms with Gasteiger partial charge in [0.1, 0.15) is 5.60 Å². The van der Waals surface area contributed by atoms with Crippen LogP contribution in [-0.2, 0) is 11.3 Å². The second-order valence-electron chi connectivity index (χ2n) is 6.41. The summed E-state index contributed by atoms with van der Waals surface area (Å²) in [6, 6.07) is 1.57. The summed E-state index contributed by atoms with van der Waals surface area (Å²) >= 11 is 3.21. The van der Waals surface area contributed by atoms with E-state index in [4.69, 9.17) is 4.74 Å². The lowest BCUT2D eigenvalue weighted by molar-refractivity contribution is 0.0531. The summed E-state index contributed by atoms with van der Waals surface area (Å²) in [5.41, 5.74) is -1.67. The molecule has 27 heavy (non-hydrogen) atoms. The van der Waals surface area contributed by atoms with Gasteiger partial charge in [-0.25, -0.2) is 9.59 Å². The van der Waals surface area contributed by atoms with Crippen LogP contribution in [0.4, 0.5) is 13.6 Å². The summed E-state index contributed by atoms with van der Waals surface area (Å²) in [5.74, 6) is 0. The molecule has 2 rings (SSSR count). The van der Waals surface area contributed by atoms with E-state index in [1.54, 1.807) is 26.8 Å². The molecular formula is C15H17BrF2N6O3. The Labute approximate surface area is 161 Å². The number of pyridine rings is 1. The first-order chi connectivity index (χ1) is 12.6. The van der Waals surface area contributed by atoms with Crippen molar-refractivity contribution in [2.24, 2.45) is 0 Å². The molecule has 12 heteroatoms. The molecular weight excluding hydrogens is 430 g/mol. The molecule has 0 bridgehead atoms. The highest BCUT2D eigenvalue weighted by Crippen LogP contribution is 2.12. The molecule has 1 amide bonds. The van der Waals surface area contributed by atoms with Crippen LogP contribution in [0.1, 0.15) is 20.8 Å². The van der Waals surface area contributed by atoms with E-state index >= 15 is 0 Å². The van der Waals surface area contributed by atoms with E-state index in [-0.39, 0.29) is 0 Å². The maximum Gasteiger partial charge on any atom is 0.407 e. The average Bonchev–Trinajstić information content (AvgIpc) is 2.90. The molecule has 0 aliphatic rings. The molecule has 0 aromatic carbocycles. The topological polar surface area (TPSA) is 104 Å². The van der Waals surface area contributed by atoms with Gasteiger partial charge in [-0.3, -0.25) is 4.98 Å². The number of nitrogens with zero attached hydrogens (tertiary/aromatic N) is 5. The molecule has 0 atom stereocenters. The van der Waals surface area contributed by atoms with Crippen LogP contribution in [-0.4, -0.2) is 43.0 Å². The number of halogens is 3. The van der Waals surface area contributed by atoms with Crippen LogP contribution in [0.5, 0.6) is 0 Å². The van der Waals surface area contributed by atoms with Crippen LogP contribution in [0.2, 0.25) is 0 Å². The van der Waals surface area contributed by atoms with Crippen LogP contribution in [0.15, 0.2) is 39.4 Å². The summed E-state index contributed by atoms with van der Waals surface area (Å²) in [7, 11) is 0. The van der Waals surface area contributed by atoms with E-state index < -0.39 is 42.1 Å². The summed E-state index contributed by atoms with van der Waals surface area (Å²) in [5, 5.41) is 9.47. The van der Waals surface area contributed by atoms with Crippen molar-refractivity contribution in [3.8, 4) is 5.69 Å². The first-order valence-corrected chi connectivity index (χ1v) is 8.50. The van der Waals surface area contributed by atoms with E-state index in [1.165, 1.54) is 12.4 Å². The Kier molecular flexibility index (Phi) is 6.41. The lowest BCUT2D eigenvalue weighted by atomic mass is 10.2. The number of tetrazole rings is 1. The number of amides is 1. The Bertz CT molecular complexity index is 915. The van der Waals surface area contributed by atoms with Gasteiger partial charge in [0.05, 0.1) is 18.4 Å². The highest BCUT2D eigenvalue weighted by molar-refractivity contribution is 9.10. The van der Waals surface area contributed by atoms with Gasteiger partial charge in [-0.05, 0) is 53.2 Å². The van der Waals surface area contributed by atoms with E-state index in [1.807, 2.05) is 0 Å². The third kappa shape index (κ3) is 5.94. The smallest absolute Gasteiger partial charge is 0.407 e. The van der Waals surface area contributed by atoms with Crippen molar-refractivity contribution < 1.29 is 18.3 Å². The standard InChI is InChI=1S/C15H17BrF2N6O3/c1-15(2,3)27-13(25)20-5-9(12(17)18)8-23-14(26)24(22-21-23)11-4-10(16)6-19-7-11/h4,6-7H,5,8H2,1-3H3,(H,20,25). The molecule has 2 heterocycles. The van der Waals surface area contributed by atoms with Gasteiger partial charge in [0.25, 0.3) is 6.08 Å². The molecule has 0 radical (unpaired) electrons. The number of ether oxygens (including phenoxy) is 1. The quantitative estimate of drug-likeness (QED) is 0.755. The summed E-state index contributed by atoms with van der Waals surface area (Å²) < 4.78 is 33.7. The van der Waals surface area contributed by atoms with Gasteiger partial charge in [-0.15, -0.1) is 0 Å². The average molecular weight is 447 g/mol. The maximum absolute atomic E-state index is 13.2. The normalized spacial score (nSPS) is 11.2. The van der Waals surface area contributed by atoms with Gasteiger partial charge in [0, 0.05) is 22.8 Å². The van der Waals surface area contributed by atoms with E-state index in [9.17, 15) is 18.4 Å². The SMILES string of the molecule is CC(C)(C)OC(=O)NCC(Cn1nnn(-c2cncc(Br)c2)c1=O)=C(F)F. The van der Waals surface area contributed by atoms with E-state index in [0.29, 0.717) is 10.2 Å². The monoisotopic (exact) mass is 446 g/mol. The van der Waals surface area contributed by atoms with Crippen molar-refractivity contribution in [3.63, 3.8) is 0 Å². The lowest BCUT2D eigenvalue weighted by Gasteiger charge is -2.19. The number of rotatable bonds is 5. The van der Waals surface area contributed by atoms with Crippen LogP contribution in [0.25, 0.3) is 5.69 Å². The summed E-state index contributed by atoms with van der Waals surface area (Å²) in [4.78, 5) is 27.9. The zero-order chi connectivity index (χ0) is 20.2. The minimum absolute atomic E-state index is 0.318. The van der Waals surface area contributed by atoms with Crippen molar-refractivity contribution in [1.82, 2.24) is 30.1 Å². The zero-order valence-electron chi connectivity index (χ0n) is 14.7. The molecule has 0 unspecified atom stereocenters. The lowest BCUT2D eigenvalue weighted by Crippen LogP contribution is -2.35. The number of hydrogen-bond acceptors (Lipinski definition) is 6. The highest BCUT2D eigenvalue weighted by Gasteiger charge is 2.18. The fourth-order valence-corrected chi connectivity index (χ4v) is 2.26. The summed E-state index contributed by atoms with van der Waals surface area (Å²) in [6.07, 6.45) is 0.0107. The van der Waals surface area contributed by atoms with Gasteiger partial charge in [0.15, 0.2) is 0 Å². The van der Waals surface area contributed by atoms with Crippen LogP contribution in [0.3, 0.4) is 0 Å². The maximum atomic E-state index is 13.2. The van der Waals surface area contributed by atoms with Crippen molar-refractivity contribution in [2.75, 3.05) is 6.54 Å². The van der Waals surface area contributed by atoms with Crippen LogP contribution < -0.4 is 11.0 Å². The third-order valence-electron chi connectivity index (χ3n) is 3.03. The molecule has 0 saturated heterocycles. The van der Waals surface area contributed by atoms with E-state index in [2.05, 4.69) is 36.7 Å². The largest absolute Gasteiger partial charge is 0.444 e. The molecule has 0 aliphatic heterocycles. The molecule has 0 spiro atoms. The number of alkyl carbamates (subject to hydrolysis) is 1. The Morgan fingerprint density at radius 1 is 1.30 bits per heavy atom. The first-order valence-electron chi connectivity index (χ1n) is 7.70. The van der Waals surface area contributed by atoms with Crippen LogP contribution >= 0.6 is 15.9 Å². The molecule has 1 N–H and O–H groups in total. The van der Waals surface area contributed by atoms with Crippen molar-refractivity contribution in [1.29, 1.82) is 0 Å². The number of aromatic nitrogens is 5. The van der Waals surface area contributed by atoms with Crippen molar-refractivity contribution in [3.05, 3.63) is 45.1 Å². The summed E-state index contributed by atoms with van der Waals surface area (Å²) in [6.45, 7) is 3.89. The third-order valence-corrected chi connectivity index (χ3v) is 3.46. The number of carbonyl (C=O) groups excluding carboxylic acids is 1. The number of carbonyl (C=O) groups is 1. The van der Waals surface area contributed by atoms with Gasteiger partial charge in [0.2, 0.25) is 0 Å². The predicted molar refractivity (Wildman–Crippen MR) is 94.6 cm³/mol. The predicted octanol–water partition coefficient (Wildman–Crippen LogP) is 2.26. The fourth-order valence-electron chi connectivity index (χ4n) is 1.91. The van der Waals surface area contributed by atoms with Crippen molar-refractivity contribution >= 4 is 22.0 Å².